The normalized spacial score (nSPS) is 19.7. The SMILES string of the molecule is COc1ccc(CSC2CC[N+](C)(C)CC2)cc1. The number of hydrogen-bond donors (Lipinski definition) is 0. The van der Waals surface area contributed by atoms with Crippen LogP contribution < -0.4 is 4.74 Å². The molecule has 100 valence electrons. The Hall–Kier alpha value is -0.670. The van der Waals surface area contributed by atoms with Gasteiger partial charge in [0.2, 0.25) is 0 Å². The predicted molar refractivity (Wildman–Crippen MR) is 79.2 cm³/mol. The highest BCUT2D eigenvalue weighted by Crippen LogP contribution is 2.28. The lowest BCUT2D eigenvalue weighted by Gasteiger charge is -2.36. The zero-order valence-corrected chi connectivity index (χ0v) is 12.5. The molecule has 1 aromatic carbocycles. The summed E-state index contributed by atoms with van der Waals surface area (Å²) >= 11 is 2.11. The molecule has 2 rings (SSSR count). The van der Waals surface area contributed by atoms with Crippen molar-refractivity contribution in [3.63, 3.8) is 0 Å². The van der Waals surface area contributed by atoms with Crippen molar-refractivity contribution in [1.82, 2.24) is 0 Å². The molecule has 1 aliphatic rings. The van der Waals surface area contributed by atoms with Crippen LogP contribution in [-0.4, -0.2) is 44.0 Å². The summed E-state index contributed by atoms with van der Waals surface area (Å²) in [6.07, 6.45) is 2.71. The molecule has 2 nitrogen and oxygen atoms in total. The lowest BCUT2D eigenvalue weighted by Crippen LogP contribution is -2.46. The third kappa shape index (κ3) is 3.92. The summed E-state index contributed by atoms with van der Waals surface area (Å²) in [5.41, 5.74) is 1.40. The molecule has 18 heavy (non-hydrogen) atoms. The van der Waals surface area contributed by atoms with Crippen molar-refractivity contribution in [2.75, 3.05) is 34.3 Å². The van der Waals surface area contributed by atoms with Gasteiger partial charge in [0.05, 0.1) is 34.3 Å². The minimum absolute atomic E-state index is 0.846. The van der Waals surface area contributed by atoms with Crippen LogP contribution in [0.2, 0.25) is 0 Å². The van der Waals surface area contributed by atoms with Gasteiger partial charge in [0, 0.05) is 23.8 Å². The third-order valence-corrected chi connectivity index (χ3v) is 5.20. The van der Waals surface area contributed by atoms with Gasteiger partial charge in [-0.05, 0) is 17.7 Å². The van der Waals surface area contributed by atoms with Crippen LogP contribution in [0.1, 0.15) is 18.4 Å². The molecule has 0 aromatic heterocycles. The molecule has 1 aliphatic heterocycles. The molecule has 0 radical (unpaired) electrons. The highest BCUT2D eigenvalue weighted by molar-refractivity contribution is 7.99. The van der Waals surface area contributed by atoms with Crippen molar-refractivity contribution in [3.8, 4) is 5.75 Å². The monoisotopic (exact) mass is 266 g/mol. The average molecular weight is 266 g/mol. The van der Waals surface area contributed by atoms with Gasteiger partial charge in [0.1, 0.15) is 5.75 Å². The number of benzene rings is 1. The molecule has 0 unspecified atom stereocenters. The van der Waals surface area contributed by atoms with Crippen molar-refractivity contribution in [2.45, 2.75) is 23.8 Å². The van der Waals surface area contributed by atoms with Gasteiger partial charge in [-0.2, -0.15) is 11.8 Å². The standard InChI is InChI=1S/C15H24NOS/c1-16(2)10-8-15(9-11-16)18-12-13-4-6-14(17-3)7-5-13/h4-7,15H,8-12H2,1-3H3/q+1. The van der Waals surface area contributed by atoms with Crippen LogP contribution in [0, 0.1) is 0 Å². The van der Waals surface area contributed by atoms with Gasteiger partial charge in [-0.25, -0.2) is 0 Å². The summed E-state index contributed by atoms with van der Waals surface area (Å²) in [5, 5.41) is 0.846. The molecule has 3 heteroatoms. The molecular formula is C15H24NOS+. The van der Waals surface area contributed by atoms with E-state index in [2.05, 4.69) is 50.1 Å². The number of thioether (sulfide) groups is 1. The molecular weight excluding hydrogens is 242 g/mol. The van der Waals surface area contributed by atoms with Crippen LogP contribution in [-0.2, 0) is 5.75 Å². The first-order chi connectivity index (χ1) is 8.59. The van der Waals surface area contributed by atoms with Crippen LogP contribution in [0.4, 0.5) is 0 Å². The van der Waals surface area contributed by atoms with Gasteiger partial charge in [0.15, 0.2) is 0 Å². The quantitative estimate of drug-likeness (QED) is 0.774. The van der Waals surface area contributed by atoms with Crippen LogP contribution in [0.15, 0.2) is 24.3 Å². The van der Waals surface area contributed by atoms with E-state index in [1.807, 2.05) is 0 Å². The second-order valence-electron chi connectivity index (χ2n) is 5.74. The van der Waals surface area contributed by atoms with E-state index >= 15 is 0 Å². The van der Waals surface area contributed by atoms with E-state index in [9.17, 15) is 0 Å². The first-order valence-corrected chi connectivity index (χ1v) is 7.70. The minimum Gasteiger partial charge on any atom is -0.497 e. The molecule has 0 amide bonds. The van der Waals surface area contributed by atoms with Gasteiger partial charge >= 0.3 is 0 Å². The molecule has 0 saturated carbocycles. The van der Waals surface area contributed by atoms with Crippen molar-refractivity contribution in [1.29, 1.82) is 0 Å². The molecule has 0 spiro atoms. The Morgan fingerprint density at radius 1 is 1.17 bits per heavy atom. The summed E-state index contributed by atoms with van der Waals surface area (Å²) in [5.74, 6) is 2.07. The predicted octanol–water partition coefficient (Wildman–Crippen LogP) is 3.17. The lowest BCUT2D eigenvalue weighted by molar-refractivity contribution is -0.894. The largest absolute Gasteiger partial charge is 0.497 e. The first-order valence-electron chi connectivity index (χ1n) is 6.66. The Labute approximate surface area is 115 Å². The maximum atomic E-state index is 5.18. The van der Waals surface area contributed by atoms with Crippen LogP contribution >= 0.6 is 11.8 Å². The second-order valence-corrected chi connectivity index (χ2v) is 7.03. The number of methoxy groups -OCH3 is 1. The zero-order valence-electron chi connectivity index (χ0n) is 11.7. The number of quaternary nitrogens is 1. The Morgan fingerprint density at radius 2 is 1.78 bits per heavy atom. The van der Waals surface area contributed by atoms with Gasteiger partial charge in [0.25, 0.3) is 0 Å². The third-order valence-electron chi connectivity index (χ3n) is 3.76. The van der Waals surface area contributed by atoms with Crippen molar-refractivity contribution in [2.24, 2.45) is 0 Å². The number of piperidine rings is 1. The molecule has 1 heterocycles. The number of nitrogens with zero attached hydrogens (tertiary/aromatic N) is 1. The summed E-state index contributed by atoms with van der Waals surface area (Å²) in [4.78, 5) is 0. The van der Waals surface area contributed by atoms with E-state index in [0.29, 0.717) is 0 Å². The number of hydrogen-bond acceptors (Lipinski definition) is 2. The van der Waals surface area contributed by atoms with Crippen LogP contribution in [0.3, 0.4) is 0 Å². The van der Waals surface area contributed by atoms with E-state index in [1.54, 1.807) is 7.11 Å². The van der Waals surface area contributed by atoms with Gasteiger partial charge < -0.3 is 9.22 Å². The highest BCUT2D eigenvalue weighted by Gasteiger charge is 2.25. The van der Waals surface area contributed by atoms with E-state index in [-0.39, 0.29) is 0 Å². The topological polar surface area (TPSA) is 9.23 Å². The van der Waals surface area contributed by atoms with E-state index < -0.39 is 0 Å². The van der Waals surface area contributed by atoms with E-state index in [1.165, 1.54) is 36.0 Å². The summed E-state index contributed by atoms with van der Waals surface area (Å²) in [7, 11) is 6.39. The maximum absolute atomic E-state index is 5.18. The van der Waals surface area contributed by atoms with Crippen molar-refractivity contribution >= 4 is 11.8 Å². The van der Waals surface area contributed by atoms with E-state index in [4.69, 9.17) is 4.74 Å². The summed E-state index contributed by atoms with van der Waals surface area (Å²) < 4.78 is 6.37. The molecule has 0 aliphatic carbocycles. The fourth-order valence-corrected chi connectivity index (χ4v) is 3.51. The van der Waals surface area contributed by atoms with E-state index in [0.717, 1.165) is 16.8 Å². The molecule has 0 bridgehead atoms. The Morgan fingerprint density at radius 3 is 2.33 bits per heavy atom. The smallest absolute Gasteiger partial charge is 0.118 e. The van der Waals surface area contributed by atoms with Gasteiger partial charge in [-0.15, -0.1) is 0 Å². The fraction of sp³-hybridized carbons (Fsp3) is 0.600. The minimum atomic E-state index is 0.846. The maximum Gasteiger partial charge on any atom is 0.118 e. The summed E-state index contributed by atoms with van der Waals surface area (Å²) in [6.45, 7) is 2.64. The fourth-order valence-electron chi connectivity index (χ4n) is 2.35. The number of rotatable bonds is 4. The number of likely N-dealkylation sites (tertiary alicyclic amines) is 1. The summed E-state index contributed by atoms with van der Waals surface area (Å²) in [6, 6.07) is 8.46. The average Bonchev–Trinajstić information content (AvgIpc) is 2.38. The van der Waals surface area contributed by atoms with Gasteiger partial charge in [-0.3, -0.25) is 0 Å². The lowest BCUT2D eigenvalue weighted by atomic mass is 10.1. The van der Waals surface area contributed by atoms with Crippen LogP contribution in [0.5, 0.6) is 5.75 Å². The van der Waals surface area contributed by atoms with Crippen molar-refractivity contribution < 1.29 is 9.22 Å². The molecule has 1 aromatic rings. The molecule has 0 N–H and O–H groups in total. The van der Waals surface area contributed by atoms with Crippen molar-refractivity contribution in [3.05, 3.63) is 29.8 Å². The molecule has 1 fully saturated rings. The van der Waals surface area contributed by atoms with Gasteiger partial charge in [-0.1, -0.05) is 12.1 Å². The molecule has 1 saturated heterocycles. The number of ether oxygens (including phenoxy) is 1. The Balaban J connectivity index is 1.78. The Bertz CT molecular complexity index is 365. The molecule has 0 atom stereocenters. The highest BCUT2D eigenvalue weighted by atomic mass is 32.2. The van der Waals surface area contributed by atoms with Crippen LogP contribution in [0.25, 0.3) is 0 Å². The first kappa shape index (κ1) is 13.8. The zero-order chi connectivity index (χ0) is 13.0. The Kier molecular flexibility index (Phi) is 4.57. The second kappa shape index (κ2) is 5.98.